The van der Waals surface area contributed by atoms with Gasteiger partial charge in [0, 0.05) is 18.6 Å². The molecule has 3 aliphatic heterocycles. The topological polar surface area (TPSA) is 79.3 Å². The lowest BCUT2D eigenvalue weighted by Crippen LogP contribution is -2.65. The summed E-state index contributed by atoms with van der Waals surface area (Å²) in [6.45, 7) is 4.02. The molecule has 8 heteroatoms. The van der Waals surface area contributed by atoms with Crippen LogP contribution >= 0.6 is 11.3 Å². The number of aromatic nitrogens is 2. The number of hydrogen-bond donors (Lipinski definition) is 2. The van der Waals surface area contributed by atoms with Crippen LogP contribution in [0.2, 0.25) is 0 Å². The van der Waals surface area contributed by atoms with Crippen LogP contribution in [0.15, 0.2) is 22.6 Å². The fourth-order valence-electron chi connectivity index (χ4n) is 5.47. The molecule has 7 nitrogen and oxygen atoms in total. The molecule has 0 unspecified atom stereocenters. The fraction of sp³-hybridized carbons (Fsp3) is 0.650. The third kappa shape index (κ3) is 3.27. The van der Waals surface area contributed by atoms with Crippen molar-refractivity contribution in [1.82, 2.24) is 25.1 Å². The molecule has 5 heterocycles. The monoisotopic (exact) mass is 401 g/mol. The van der Waals surface area contributed by atoms with Gasteiger partial charge in [-0.25, -0.2) is 4.98 Å². The van der Waals surface area contributed by atoms with Gasteiger partial charge in [0.15, 0.2) is 0 Å². The van der Waals surface area contributed by atoms with E-state index in [-0.39, 0.29) is 18.0 Å². The second-order valence-corrected chi connectivity index (χ2v) is 9.32. The van der Waals surface area contributed by atoms with Crippen LogP contribution in [0.1, 0.15) is 25.7 Å². The van der Waals surface area contributed by atoms with Crippen molar-refractivity contribution >= 4 is 27.5 Å². The van der Waals surface area contributed by atoms with Crippen molar-refractivity contribution in [3.8, 4) is 0 Å². The summed E-state index contributed by atoms with van der Waals surface area (Å²) in [6, 6.07) is 2.88. The molecule has 4 atom stereocenters. The summed E-state index contributed by atoms with van der Waals surface area (Å²) in [6.07, 6.45) is 6.62. The molecular formula is C20H27N5O2S. The van der Waals surface area contributed by atoms with Crippen LogP contribution in [0.5, 0.6) is 0 Å². The van der Waals surface area contributed by atoms with Gasteiger partial charge < -0.3 is 10.6 Å². The van der Waals surface area contributed by atoms with Crippen molar-refractivity contribution in [3.63, 3.8) is 0 Å². The molecular weight excluding hydrogens is 374 g/mol. The zero-order chi connectivity index (χ0) is 19.1. The van der Waals surface area contributed by atoms with Gasteiger partial charge in [0.25, 0.3) is 5.56 Å². The number of amides is 1. The van der Waals surface area contributed by atoms with Gasteiger partial charge in [-0.1, -0.05) is 6.42 Å². The molecule has 2 bridgehead atoms. The molecule has 0 aromatic carbocycles. The van der Waals surface area contributed by atoms with E-state index in [2.05, 4.69) is 20.5 Å². The molecule has 1 amide bonds. The van der Waals surface area contributed by atoms with Crippen molar-refractivity contribution in [3.05, 3.63) is 28.1 Å². The highest BCUT2D eigenvalue weighted by atomic mass is 32.1. The summed E-state index contributed by atoms with van der Waals surface area (Å²) in [5.41, 5.74) is 0.563. The summed E-state index contributed by atoms with van der Waals surface area (Å²) in [7, 11) is 0. The SMILES string of the molecule is O=C(Cn1cnc2ccsc2c1=O)NC[C@H]1[C@@H]2CNC[C@@H](C2)[C@@H]2CCCCN21. The van der Waals surface area contributed by atoms with E-state index >= 15 is 0 Å². The minimum absolute atomic E-state index is 0.0291. The number of thiophene rings is 1. The van der Waals surface area contributed by atoms with Gasteiger partial charge in [0.1, 0.15) is 11.2 Å². The smallest absolute Gasteiger partial charge is 0.271 e. The number of carbonyl (C=O) groups excluding carboxylic acids is 1. The molecule has 28 heavy (non-hydrogen) atoms. The number of hydrogen-bond acceptors (Lipinski definition) is 6. The minimum atomic E-state index is -0.136. The molecule has 5 rings (SSSR count). The first-order valence-corrected chi connectivity index (χ1v) is 11.2. The Balaban J connectivity index is 1.26. The lowest BCUT2D eigenvalue weighted by Gasteiger charge is -2.55. The summed E-state index contributed by atoms with van der Waals surface area (Å²) in [5.74, 6) is 1.24. The summed E-state index contributed by atoms with van der Waals surface area (Å²) in [4.78, 5) is 32.0. The summed E-state index contributed by atoms with van der Waals surface area (Å²) >= 11 is 1.37. The van der Waals surface area contributed by atoms with E-state index in [4.69, 9.17) is 0 Å². The van der Waals surface area contributed by atoms with Gasteiger partial charge in [-0.15, -0.1) is 11.3 Å². The number of nitrogens with zero attached hydrogens (tertiary/aromatic N) is 3. The Morgan fingerprint density at radius 1 is 1.32 bits per heavy atom. The molecule has 3 aliphatic rings. The van der Waals surface area contributed by atoms with Crippen LogP contribution in [-0.4, -0.2) is 58.6 Å². The molecule has 0 spiro atoms. The first-order valence-electron chi connectivity index (χ1n) is 10.4. The quantitative estimate of drug-likeness (QED) is 0.800. The van der Waals surface area contributed by atoms with E-state index in [0.29, 0.717) is 34.8 Å². The van der Waals surface area contributed by atoms with Gasteiger partial charge in [0.2, 0.25) is 5.91 Å². The molecule has 2 N–H and O–H groups in total. The fourth-order valence-corrected chi connectivity index (χ4v) is 6.26. The normalized spacial score (nSPS) is 30.1. The maximum atomic E-state index is 12.6. The Hall–Kier alpha value is -1.77. The zero-order valence-corrected chi connectivity index (χ0v) is 16.8. The average Bonchev–Trinajstić information content (AvgIpc) is 3.20. The van der Waals surface area contributed by atoms with Gasteiger partial charge in [-0.3, -0.25) is 19.1 Å². The van der Waals surface area contributed by atoms with Crippen molar-refractivity contribution in [2.24, 2.45) is 11.8 Å². The van der Waals surface area contributed by atoms with Gasteiger partial charge in [0.05, 0.1) is 11.8 Å². The van der Waals surface area contributed by atoms with E-state index in [9.17, 15) is 9.59 Å². The summed E-state index contributed by atoms with van der Waals surface area (Å²) < 4.78 is 2.02. The van der Waals surface area contributed by atoms with E-state index in [0.717, 1.165) is 25.6 Å². The lowest BCUT2D eigenvalue weighted by molar-refractivity contribution is -0.122. The number of fused-ring (bicyclic) bond motifs is 5. The Morgan fingerprint density at radius 2 is 2.21 bits per heavy atom. The van der Waals surface area contributed by atoms with E-state index in [1.165, 1.54) is 47.9 Å². The highest BCUT2D eigenvalue weighted by Gasteiger charge is 2.45. The number of carbonyl (C=O) groups is 1. The van der Waals surface area contributed by atoms with Crippen molar-refractivity contribution in [2.75, 3.05) is 26.2 Å². The van der Waals surface area contributed by atoms with E-state index in [1.807, 2.05) is 11.4 Å². The van der Waals surface area contributed by atoms with Crippen LogP contribution in [0, 0.1) is 11.8 Å². The molecule has 0 radical (unpaired) electrons. The lowest BCUT2D eigenvalue weighted by atomic mass is 9.73. The van der Waals surface area contributed by atoms with Gasteiger partial charge in [-0.2, -0.15) is 0 Å². The zero-order valence-electron chi connectivity index (χ0n) is 16.0. The van der Waals surface area contributed by atoms with Gasteiger partial charge >= 0.3 is 0 Å². The second-order valence-electron chi connectivity index (χ2n) is 8.40. The van der Waals surface area contributed by atoms with Crippen LogP contribution in [0.3, 0.4) is 0 Å². The molecule has 150 valence electrons. The molecule has 0 saturated carbocycles. The second kappa shape index (κ2) is 7.57. The molecule has 2 aromatic heterocycles. The van der Waals surface area contributed by atoms with Gasteiger partial charge in [-0.05, 0) is 62.2 Å². The minimum Gasteiger partial charge on any atom is -0.353 e. The maximum absolute atomic E-state index is 12.6. The first-order chi connectivity index (χ1) is 13.7. The summed E-state index contributed by atoms with van der Waals surface area (Å²) in [5, 5.41) is 8.58. The Morgan fingerprint density at radius 3 is 3.14 bits per heavy atom. The van der Waals surface area contributed by atoms with Crippen LogP contribution < -0.4 is 16.2 Å². The largest absolute Gasteiger partial charge is 0.353 e. The van der Waals surface area contributed by atoms with E-state index < -0.39 is 0 Å². The standard InChI is InChI=1S/C20H27N5O2S/c26-18(11-24-12-23-15-4-6-28-19(15)20(24)27)22-10-17-14-7-13(8-21-9-14)16-3-1-2-5-25(16)17/h4,6,12-14,16-17,21H,1-3,5,7-11H2,(H,22,26)/t13-,14+,16+,17+/m1/s1. The molecule has 2 aromatic rings. The first kappa shape index (κ1) is 18.3. The van der Waals surface area contributed by atoms with Crippen LogP contribution in [0.25, 0.3) is 10.2 Å². The number of nitrogens with one attached hydrogen (secondary N) is 2. The molecule has 3 fully saturated rings. The third-order valence-electron chi connectivity index (χ3n) is 6.78. The highest BCUT2D eigenvalue weighted by molar-refractivity contribution is 7.17. The Kier molecular flexibility index (Phi) is 4.94. The Labute approximate surface area is 168 Å². The number of rotatable bonds is 4. The third-order valence-corrected chi connectivity index (χ3v) is 7.67. The predicted octanol–water partition coefficient (Wildman–Crippen LogP) is 1.04. The number of piperidine rings is 3. The maximum Gasteiger partial charge on any atom is 0.271 e. The van der Waals surface area contributed by atoms with Crippen LogP contribution in [0.4, 0.5) is 0 Å². The van der Waals surface area contributed by atoms with Crippen molar-refractivity contribution in [1.29, 1.82) is 0 Å². The predicted molar refractivity (Wildman–Crippen MR) is 109 cm³/mol. The molecule has 3 saturated heterocycles. The van der Waals surface area contributed by atoms with E-state index in [1.54, 1.807) is 0 Å². The molecule has 0 aliphatic carbocycles. The average molecular weight is 402 g/mol. The van der Waals surface area contributed by atoms with Crippen molar-refractivity contribution in [2.45, 2.75) is 44.3 Å². The highest BCUT2D eigenvalue weighted by Crippen LogP contribution is 2.38. The van der Waals surface area contributed by atoms with Crippen LogP contribution in [-0.2, 0) is 11.3 Å². The van der Waals surface area contributed by atoms with Crippen molar-refractivity contribution < 1.29 is 4.79 Å². The Bertz CT molecular complexity index is 925.